The van der Waals surface area contributed by atoms with Crippen molar-refractivity contribution in [2.24, 2.45) is 5.73 Å². The van der Waals surface area contributed by atoms with E-state index in [0.717, 1.165) is 29.7 Å². The van der Waals surface area contributed by atoms with E-state index in [1.54, 1.807) is 0 Å². The Labute approximate surface area is 130 Å². The van der Waals surface area contributed by atoms with Gasteiger partial charge in [-0.15, -0.1) is 0 Å². The van der Waals surface area contributed by atoms with Crippen LogP contribution in [0.1, 0.15) is 29.5 Å². The summed E-state index contributed by atoms with van der Waals surface area (Å²) in [5.41, 5.74) is 9.52. The summed E-state index contributed by atoms with van der Waals surface area (Å²) in [6.07, 6.45) is 2.31. The molecule has 2 aromatic rings. The van der Waals surface area contributed by atoms with Crippen LogP contribution in [0.15, 0.2) is 42.5 Å². The summed E-state index contributed by atoms with van der Waals surface area (Å²) in [6.45, 7) is 3.26. The second-order valence-electron chi connectivity index (χ2n) is 5.86. The number of halogens is 1. The fourth-order valence-electron chi connectivity index (χ4n) is 2.71. The first kappa shape index (κ1) is 14.4. The highest BCUT2D eigenvalue weighted by atomic mass is 35.5. The number of hydrogen-bond donors (Lipinski definition) is 1. The molecule has 110 valence electrons. The molecule has 1 fully saturated rings. The highest BCUT2D eigenvalue weighted by Gasteiger charge is 2.43. The minimum Gasteiger partial charge on any atom is -0.487 e. The van der Waals surface area contributed by atoms with Gasteiger partial charge in [0.05, 0.1) is 5.02 Å². The summed E-state index contributed by atoms with van der Waals surface area (Å²) in [4.78, 5) is 0. The zero-order valence-corrected chi connectivity index (χ0v) is 13.0. The van der Waals surface area contributed by atoms with E-state index in [1.165, 1.54) is 5.56 Å². The zero-order valence-electron chi connectivity index (χ0n) is 12.2. The molecule has 1 saturated carbocycles. The summed E-state index contributed by atoms with van der Waals surface area (Å²) in [7, 11) is 0. The van der Waals surface area contributed by atoms with Crippen LogP contribution in [0.25, 0.3) is 0 Å². The van der Waals surface area contributed by atoms with Gasteiger partial charge in [-0.05, 0) is 42.5 Å². The minimum absolute atomic E-state index is 0.159. The van der Waals surface area contributed by atoms with Crippen LogP contribution in [-0.2, 0) is 12.0 Å². The van der Waals surface area contributed by atoms with Gasteiger partial charge >= 0.3 is 0 Å². The second-order valence-corrected chi connectivity index (χ2v) is 6.27. The van der Waals surface area contributed by atoms with Crippen LogP contribution in [0.2, 0.25) is 5.02 Å². The number of rotatable bonds is 5. The minimum atomic E-state index is 0.159. The Balaban J connectivity index is 1.80. The lowest BCUT2D eigenvalue weighted by atomic mass is 9.94. The van der Waals surface area contributed by atoms with Crippen LogP contribution >= 0.6 is 11.6 Å². The Morgan fingerprint density at radius 1 is 1.19 bits per heavy atom. The van der Waals surface area contributed by atoms with Crippen molar-refractivity contribution in [2.45, 2.75) is 31.8 Å². The first-order valence-corrected chi connectivity index (χ1v) is 7.70. The summed E-state index contributed by atoms with van der Waals surface area (Å²) < 4.78 is 5.91. The van der Waals surface area contributed by atoms with Gasteiger partial charge in [0.15, 0.2) is 0 Å². The SMILES string of the molecule is Cc1cc(C2(CN)CC2)cc(Cl)c1OCc1ccccc1. The van der Waals surface area contributed by atoms with Crippen molar-refractivity contribution in [3.05, 3.63) is 64.2 Å². The summed E-state index contributed by atoms with van der Waals surface area (Å²) in [5, 5.41) is 0.681. The van der Waals surface area contributed by atoms with E-state index >= 15 is 0 Å². The largest absolute Gasteiger partial charge is 0.487 e. The van der Waals surface area contributed by atoms with Crippen molar-refractivity contribution in [1.29, 1.82) is 0 Å². The zero-order chi connectivity index (χ0) is 14.9. The third-order valence-corrected chi connectivity index (χ3v) is 4.59. The predicted octanol–water partition coefficient (Wildman–Crippen LogP) is 4.22. The smallest absolute Gasteiger partial charge is 0.141 e. The lowest BCUT2D eigenvalue weighted by molar-refractivity contribution is 0.304. The summed E-state index contributed by atoms with van der Waals surface area (Å²) in [5.74, 6) is 0.775. The van der Waals surface area contributed by atoms with Gasteiger partial charge in [-0.1, -0.05) is 48.0 Å². The molecular formula is C18H20ClNO. The van der Waals surface area contributed by atoms with E-state index < -0.39 is 0 Å². The monoisotopic (exact) mass is 301 g/mol. The number of hydrogen-bond acceptors (Lipinski definition) is 2. The molecule has 0 spiro atoms. The van der Waals surface area contributed by atoms with Gasteiger partial charge in [0, 0.05) is 12.0 Å². The van der Waals surface area contributed by atoms with E-state index in [-0.39, 0.29) is 5.41 Å². The third-order valence-electron chi connectivity index (χ3n) is 4.31. The van der Waals surface area contributed by atoms with Gasteiger partial charge in [0.2, 0.25) is 0 Å². The van der Waals surface area contributed by atoms with Gasteiger partial charge in [-0.3, -0.25) is 0 Å². The van der Waals surface area contributed by atoms with Crippen molar-refractivity contribution in [1.82, 2.24) is 0 Å². The predicted molar refractivity (Wildman–Crippen MR) is 86.9 cm³/mol. The van der Waals surface area contributed by atoms with Gasteiger partial charge in [-0.2, -0.15) is 0 Å². The third kappa shape index (κ3) is 2.92. The van der Waals surface area contributed by atoms with Crippen LogP contribution in [0.5, 0.6) is 5.75 Å². The van der Waals surface area contributed by atoms with Crippen molar-refractivity contribution < 1.29 is 4.74 Å². The fourth-order valence-corrected chi connectivity index (χ4v) is 3.03. The van der Waals surface area contributed by atoms with Crippen molar-refractivity contribution >= 4 is 11.6 Å². The number of ether oxygens (including phenoxy) is 1. The molecule has 1 aliphatic rings. The molecule has 2 aromatic carbocycles. The van der Waals surface area contributed by atoms with Gasteiger partial charge in [0.25, 0.3) is 0 Å². The highest BCUT2D eigenvalue weighted by molar-refractivity contribution is 6.32. The van der Waals surface area contributed by atoms with E-state index in [2.05, 4.69) is 6.07 Å². The molecule has 0 bridgehead atoms. The molecule has 0 amide bonds. The molecule has 0 aliphatic heterocycles. The van der Waals surface area contributed by atoms with Crippen molar-refractivity contribution in [3.63, 3.8) is 0 Å². The molecule has 0 atom stereocenters. The number of aryl methyl sites for hydroxylation is 1. The maximum absolute atomic E-state index is 6.43. The lowest BCUT2D eigenvalue weighted by Crippen LogP contribution is -2.19. The van der Waals surface area contributed by atoms with Crippen molar-refractivity contribution in [2.75, 3.05) is 6.54 Å². The van der Waals surface area contributed by atoms with Crippen LogP contribution in [0.4, 0.5) is 0 Å². The average Bonchev–Trinajstić information content (AvgIpc) is 3.28. The molecule has 0 saturated heterocycles. The molecule has 3 heteroatoms. The lowest BCUT2D eigenvalue weighted by Gasteiger charge is -2.17. The number of nitrogens with two attached hydrogens (primary N) is 1. The van der Waals surface area contributed by atoms with Crippen LogP contribution in [0.3, 0.4) is 0 Å². The van der Waals surface area contributed by atoms with E-state index in [4.69, 9.17) is 22.1 Å². The van der Waals surface area contributed by atoms with E-state index in [9.17, 15) is 0 Å². The van der Waals surface area contributed by atoms with E-state index in [0.29, 0.717) is 18.2 Å². The Morgan fingerprint density at radius 2 is 1.90 bits per heavy atom. The quantitative estimate of drug-likeness (QED) is 0.897. The van der Waals surface area contributed by atoms with Crippen LogP contribution < -0.4 is 10.5 Å². The second kappa shape index (κ2) is 5.70. The molecule has 0 unspecified atom stereocenters. The molecule has 2 N–H and O–H groups in total. The number of benzene rings is 2. The first-order valence-electron chi connectivity index (χ1n) is 7.32. The van der Waals surface area contributed by atoms with E-state index in [1.807, 2.05) is 43.3 Å². The molecule has 0 heterocycles. The average molecular weight is 302 g/mol. The molecule has 2 nitrogen and oxygen atoms in total. The van der Waals surface area contributed by atoms with Crippen LogP contribution in [0, 0.1) is 6.92 Å². The molecule has 21 heavy (non-hydrogen) atoms. The highest BCUT2D eigenvalue weighted by Crippen LogP contribution is 2.49. The normalized spacial score (nSPS) is 15.8. The topological polar surface area (TPSA) is 35.2 Å². The standard InChI is InChI=1S/C18H20ClNO/c1-13-9-15(18(12-20)7-8-18)10-16(19)17(13)21-11-14-5-3-2-4-6-14/h2-6,9-10H,7-8,11-12,20H2,1H3. The Bertz CT molecular complexity index is 612. The maximum Gasteiger partial charge on any atom is 0.141 e. The molecule has 0 aromatic heterocycles. The summed E-state index contributed by atoms with van der Waals surface area (Å²) >= 11 is 6.43. The Morgan fingerprint density at radius 3 is 2.48 bits per heavy atom. The Hall–Kier alpha value is -1.51. The first-order chi connectivity index (χ1) is 10.1. The molecule has 3 rings (SSSR count). The Kier molecular flexibility index (Phi) is 3.92. The molecule has 1 aliphatic carbocycles. The molecular weight excluding hydrogens is 282 g/mol. The van der Waals surface area contributed by atoms with Gasteiger partial charge < -0.3 is 10.5 Å². The van der Waals surface area contributed by atoms with Gasteiger partial charge in [-0.25, -0.2) is 0 Å². The summed E-state index contributed by atoms with van der Waals surface area (Å²) in [6, 6.07) is 14.3. The molecule has 0 radical (unpaired) electrons. The van der Waals surface area contributed by atoms with Crippen LogP contribution in [-0.4, -0.2) is 6.54 Å². The van der Waals surface area contributed by atoms with Crippen molar-refractivity contribution in [3.8, 4) is 5.75 Å². The fraction of sp³-hybridized carbons (Fsp3) is 0.333. The maximum atomic E-state index is 6.43. The van der Waals surface area contributed by atoms with Gasteiger partial charge in [0.1, 0.15) is 12.4 Å².